The zero-order chi connectivity index (χ0) is 30.9. The van der Waals surface area contributed by atoms with E-state index >= 15 is 0 Å². The van der Waals surface area contributed by atoms with Gasteiger partial charge in [0.05, 0.1) is 5.25 Å². The number of nitrogens with one attached hydrogen (secondary N) is 3. The number of benzene rings is 4. The maximum absolute atomic E-state index is 13.4. The normalized spacial score (nSPS) is 12.0. The van der Waals surface area contributed by atoms with Crippen molar-refractivity contribution in [3.05, 3.63) is 129 Å². The fraction of sp³-hybridized carbons (Fsp3) is 0.147. The van der Waals surface area contributed by atoms with E-state index in [-0.39, 0.29) is 11.6 Å². The van der Waals surface area contributed by atoms with Crippen LogP contribution in [0.5, 0.6) is 0 Å². The zero-order valence-electron chi connectivity index (χ0n) is 23.9. The van der Waals surface area contributed by atoms with Gasteiger partial charge in [-0.15, -0.1) is 11.8 Å². The van der Waals surface area contributed by atoms with Gasteiger partial charge in [-0.1, -0.05) is 79.5 Å². The molecule has 4 aromatic carbocycles. The molecule has 0 aliphatic heterocycles. The van der Waals surface area contributed by atoms with Crippen molar-refractivity contribution in [2.45, 2.75) is 36.8 Å². The third-order valence-corrected chi connectivity index (χ3v) is 8.07. The van der Waals surface area contributed by atoms with E-state index < -0.39 is 17.1 Å². The second-order valence-corrected chi connectivity index (χ2v) is 12.3. The number of thioether (sulfide) groups is 1. The Labute approximate surface area is 265 Å². The van der Waals surface area contributed by atoms with Crippen LogP contribution in [-0.2, 0) is 9.59 Å². The summed E-state index contributed by atoms with van der Waals surface area (Å²) in [6, 6.07) is 28.4. The van der Waals surface area contributed by atoms with E-state index in [4.69, 9.17) is 23.2 Å². The first-order chi connectivity index (χ1) is 20.6. The van der Waals surface area contributed by atoms with Crippen molar-refractivity contribution in [3.8, 4) is 0 Å². The smallest absolute Gasteiger partial charge is 0.272 e. The largest absolute Gasteiger partial charge is 0.325 e. The van der Waals surface area contributed by atoms with Gasteiger partial charge in [-0.3, -0.25) is 14.4 Å². The molecule has 6 nitrogen and oxygen atoms in total. The Morgan fingerprint density at radius 3 is 2.16 bits per heavy atom. The zero-order valence-corrected chi connectivity index (χ0v) is 26.2. The third kappa shape index (κ3) is 9.22. The van der Waals surface area contributed by atoms with Crippen molar-refractivity contribution in [3.63, 3.8) is 0 Å². The fourth-order valence-corrected chi connectivity index (χ4v) is 5.40. The molecular formula is C34H31Cl2N3O3S. The second kappa shape index (κ2) is 14.9. The predicted molar refractivity (Wildman–Crippen MR) is 178 cm³/mol. The molecule has 0 fully saturated rings. The number of halogens is 2. The van der Waals surface area contributed by atoms with Crippen LogP contribution in [0.2, 0.25) is 10.0 Å². The molecule has 0 aliphatic carbocycles. The Morgan fingerprint density at radius 2 is 1.49 bits per heavy atom. The number of anilines is 2. The Morgan fingerprint density at radius 1 is 0.767 bits per heavy atom. The summed E-state index contributed by atoms with van der Waals surface area (Å²) in [5.41, 5.74) is 3.33. The number of hydrogen-bond acceptors (Lipinski definition) is 4. The Balaban J connectivity index is 1.47. The van der Waals surface area contributed by atoms with E-state index in [9.17, 15) is 14.4 Å². The number of amides is 3. The second-order valence-electron chi connectivity index (χ2n) is 10.1. The predicted octanol–water partition coefficient (Wildman–Crippen LogP) is 8.65. The molecule has 1 atom stereocenters. The molecule has 0 saturated carbocycles. The minimum atomic E-state index is -0.548. The number of rotatable bonds is 10. The molecule has 0 heterocycles. The molecule has 1 unspecified atom stereocenters. The lowest BCUT2D eigenvalue weighted by atomic mass is 10.0. The van der Waals surface area contributed by atoms with Crippen LogP contribution in [0.1, 0.15) is 48.2 Å². The van der Waals surface area contributed by atoms with E-state index in [2.05, 4.69) is 29.8 Å². The van der Waals surface area contributed by atoms with Gasteiger partial charge in [0.1, 0.15) is 5.70 Å². The summed E-state index contributed by atoms with van der Waals surface area (Å²) in [4.78, 5) is 40.0. The van der Waals surface area contributed by atoms with Gasteiger partial charge in [0.25, 0.3) is 11.8 Å². The lowest BCUT2D eigenvalue weighted by molar-refractivity contribution is -0.115. The van der Waals surface area contributed by atoms with Gasteiger partial charge in [0.15, 0.2) is 0 Å². The quantitative estimate of drug-likeness (QED) is 0.121. The van der Waals surface area contributed by atoms with Crippen LogP contribution in [-0.4, -0.2) is 23.0 Å². The molecule has 0 saturated heterocycles. The van der Waals surface area contributed by atoms with E-state index in [1.807, 2.05) is 37.3 Å². The molecule has 0 radical (unpaired) electrons. The summed E-state index contributed by atoms with van der Waals surface area (Å²) in [6.45, 7) is 6.06. The standard InChI is InChI=1S/C34H31Cl2N3O3S/c1-21(2)23-13-16-27(17-14-23)37-32(40)22(3)43-29-11-7-10-28(20-29)38-34(42)31(18-25-12-15-26(35)19-30(25)36)39-33(41)24-8-5-4-6-9-24/h4-22H,1-3H3,(H,37,40)(H,38,42)(H,39,41)/b31-18+. The van der Waals surface area contributed by atoms with E-state index in [0.717, 1.165) is 10.6 Å². The summed E-state index contributed by atoms with van der Waals surface area (Å²) in [7, 11) is 0. The number of hydrogen-bond donors (Lipinski definition) is 3. The highest BCUT2D eigenvalue weighted by Crippen LogP contribution is 2.28. The van der Waals surface area contributed by atoms with Crippen molar-refractivity contribution in [2.75, 3.05) is 10.6 Å². The molecule has 0 aliphatic rings. The van der Waals surface area contributed by atoms with Crippen LogP contribution < -0.4 is 16.0 Å². The average Bonchev–Trinajstić information content (AvgIpc) is 2.98. The van der Waals surface area contributed by atoms with Gasteiger partial charge < -0.3 is 16.0 Å². The molecule has 4 aromatic rings. The third-order valence-electron chi connectivity index (χ3n) is 6.41. The highest BCUT2D eigenvalue weighted by atomic mass is 35.5. The summed E-state index contributed by atoms with van der Waals surface area (Å²) in [6.07, 6.45) is 1.49. The van der Waals surface area contributed by atoms with Gasteiger partial charge >= 0.3 is 0 Å². The monoisotopic (exact) mass is 631 g/mol. The van der Waals surface area contributed by atoms with Gasteiger partial charge in [0, 0.05) is 31.9 Å². The van der Waals surface area contributed by atoms with Crippen LogP contribution in [0, 0.1) is 0 Å². The SMILES string of the molecule is CC(Sc1cccc(NC(=O)/C(=C\c2ccc(Cl)cc2Cl)NC(=O)c2ccccc2)c1)C(=O)Nc1ccc(C(C)C)cc1. The molecule has 0 bridgehead atoms. The van der Waals surface area contributed by atoms with E-state index in [1.54, 1.807) is 66.7 Å². The maximum atomic E-state index is 13.4. The summed E-state index contributed by atoms with van der Waals surface area (Å²) < 4.78 is 0. The minimum Gasteiger partial charge on any atom is -0.325 e. The topological polar surface area (TPSA) is 87.3 Å². The Hall–Kier alpha value is -4.04. The summed E-state index contributed by atoms with van der Waals surface area (Å²) in [5.74, 6) is -0.720. The highest BCUT2D eigenvalue weighted by Gasteiger charge is 2.18. The van der Waals surface area contributed by atoms with Crippen molar-refractivity contribution < 1.29 is 14.4 Å². The Kier molecular flexibility index (Phi) is 11.1. The first kappa shape index (κ1) is 31.9. The average molecular weight is 633 g/mol. The highest BCUT2D eigenvalue weighted by molar-refractivity contribution is 8.00. The lowest BCUT2D eigenvalue weighted by Crippen LogP contribution is -2.30. The van der Waals surface area contributed by atoms with Crippen LogP contribution in [0.4, 0.5) is 11.4 Å². The molecular weight excluding hydrogens is 601 g/mol. The fourth-order valence-electron chi connectivity index (χ4n) is 4.01. The van der Waals surface area contributed by atoms with Gasteiger partial charge in [0.2, 0.25) is 5.91 Å². The Bertz CT molecular complexity index is 1640. The molecule has 3 amide bonds. The van der Waals surface area contributed by atoms with Crippen molar-refractivity contribution >= 4 is 70.1 Å². The van der Waals surface area contributed by atoms with Gasteiger partial charge in [-0.25, -0.2) is 0 Å². The first-order valence-electron chi connectivity index (χ1n) is 13.6. The summed E-state index contributed by atoms with van der Waals surface area (Å²) in [5, 5.41) is 8.87. The van der Waals surface area contributed by atoms with Gasteiger partial charge in [-0.2, -0.15) is 0 Å². The molecule has 0 aromatic heterocycles. The number of carbonyl (C=O) groups is 3. The molecule has 4 rings (SSSR count). The summed E-state index contributed by atoms with van der Waals surface area (Å²) >= 11 is 13.7. The van der Waals surface area contributed by atoms with E-state index in [1.165, 1.54) is 23.4 Å². The molecule has 9 heteroatoms. The van der Waals surface area contributed by atoms with Crippen molar-refractivity contribution in [1.82, 2.24) is 5.32 Å². The van der Waals surface area contributed by atoms with E-state index in [0.29, 0.717) is 32.8 Å². The number of carbonyl (C=O) groups excluding carboxylic acids is 3. The van der Waals surface area contributed by atoms with Crippen molar-refractivity contribution in [1.29, 1.82) is 0 Å². The molecule has 0 spiro atoms. The molecule has 43 heavy (non-hydrogen) atoms. The first-order valence-corrected chi connectivity index (χ1v) is 15.2. The van der Waals surface area contributed by atoms with Crippen LogP contribution >= 0.6 is 35.0 Å². The van der Waals surface area contributed by atoms with Crippen LogP contribution in [0.3, 0.4) is 0 Å². The van der Waals surface area contributed by atoms with Gasteiger partial charge in [-0.05, 0) is 84.6 Å². The van der Waals surface area contributed by atoms with Crippen LogP contribution in [0.25, 0.3) is 6.08 Å². The maximum Gasteiger partial charge on any atom is 0.272 e. The lowest BCUT2D eigenvalue weighted by Gasteiger charge is -2.15. The minimum absolute atomic E-state index is 0.00707. The van der Waals surface area contributed by atoms with Crippen LogP contribution in [0.15, 0.2) is 108 Å². The molecule has 220 valence electrons. The molecule has 3 N–H and O–H groups in total. The van der Waals surface area contributed by atoms with Crippen molar-refractivity contribution in [2.24, 2.45) is 0 Å².